The van der Waals surface area contributed by atoms with E-state index in [4.69, 9.17) is 17.4 Å². The van der Waals surface area contributed by atoms with Gasteiger partial charge in [-0.15, -0.1) is 12.6 Å². The van der Waals surface area contributed by atoms with Gasteiger partial charge in [0.25, 0.3) is 5.91 Å². The number of benzene rings is 2. The standard InChI is InChI=1S/C20H23N3O2S/c1-15-19(24)23(17-5-3-2-4-6-17)20(26)22(15)18-9-7-16(8-10-18)21-11-13-25-14-12-21/h2-10,15,20,26H,11-14H2,1H3. The van der Waals surface area contributed by atoms with Crippen LogP contribution < -0.4 is 14.7 Å². The summed E-state index contributed by atoms with van der Waals surface area (Å²) in [5.41, 5.74) is 2.73. The number of anilines is 3. The van der Waals surface area contributed by atoms with Crippen LogP contribution in [0.15, 0.2) is 54.6 Å². The lowest BCUT2D eigenvalue weighted by molar-refractivity contribution is -0.117. The highest BCUT2D eigenvalue weighted by Gasteiger charge is 2.42. The first-order chi connectivity index (χ1) is 12.7. The maximum atomic E-state index is 12.8. The van der Waals surface area contributed by atoms with Gasteiger partial charge in [0.15, 0.2) is 5.50 Å². The van der Waals surface area contributed by atoms with E-state index in [2.05, 4.69) is 34.1 Å². The molecule has 6 heteroatoms. The summed E-state index contributed by atoms with van der Waals surface area (Å²) in [6.07, 6.45) is 0. The third-order valence-electron chi connectivity index (χ3n) is 5.05. The molecule has 2 saturated heterocycles. The third kappa shape index (κ3) is 3.04. The van der Waals surface area contributed by atoms with Crippen molar-refractivity contribution in [3.63, 3.8) is 0 Å². The van der Waals surface area contributed by atoms with Gasteiger partial charge in [0, 0.05) is 30.2 Å². The van der Waals surface area contributed by atoms with Crippen molar-refractivity contribution in [1.82, 2.24) is 0 Å². The second-order valence-corrected chi connectivity index (χ2v) is 7.05. The van der Waals surface area contributed by atoms with Crippen LogP contribution in [0, 0.1) is 0 Å². The molecule has 2 fully saturated rings. The van der Waals surface area contributed by atoms with E-state index in [9.17, 15) is 4.79 Å². The van der Waals surface area contributed by atoms with Gasteiger partial charge in [-0.25, -0.2) is 0 Å². The second kappa shape index (κ2) is 7.21. The predicted octanol–water partition coefficient (Wildman–Crippen LogP) is 2.98. The summed E-state index contributed by atoms with van der Waals surface area (Å²) in [7, 11) is 0. The van der Waals surface area contributed by atoms with Crippen LogP contribution in [0.2, 0.25) is 0 Å². The maximum Gasteiger partial charge on any atom is 0.251 e. The van der Waals surface area contributed by atoms with Crippen molar-refractivity contribution in [2.24, 2.45) is 0 Å². The summed E-state index contributed by atoms with van der Waals surface area (Å²) in [6.45, 7) is 5.29. The third-order valence-corrected chi connectivity index (χ3v) is 5.53. The first-order valence-electron chi connectivity index (χ1n) is 8.94. The van der Waals surface area contributed by atoms with Crippen molar-refractivity contribution >= 4 is 35.6 Å². The Labute approximate surface area is 159 Å². The molecule has 0 spiro atoms. The summed E-state index contributed by atoms with van der Waals surface area (Å²) in [4.78, 5) is 19.0. The van der Waals surface area contributed by atoms with Gasteiger partial charge in [-0.1, -0.05) is 18.2 Å². The van der Waals surface area contributed by atoms with Crippen molar-refractivity contribution in [1.29, 1.82) is 0 Å². The van der Waals surface area contributed by atoms with E-state index in [1.54, 1.807) is 4.90 Å². The van der Waals surface area contributed by atoms with Gasteiger partial charge in [-0.05, 0) is 43.3 Å². The smallest absolute Gasteiger partial charge is 0.251 e. The first-order valence-corrected chi connectivity index (χ1v) is 9.46. The molecule has 2 unspecified atom stereocenters. The van der Waals surface area contributed by atoms with Gasteiger partial charge < -0.3 is 14.5 Å². The van der Waals surface area contributed by atoms with Crippen LogP contribution in [-0.2, 0) is 9.53 Å². The molecule has 136 valence electrons. The number of amides is 1. The van der Waals surface area contributed by atoms with E-state index in [1.165, 1.54) is 5.69 Å². The lowest BCUT2D eigenvalue weighted by atomic mass is 10.2. The fraction of sp³-hybridized carbons (Fsp3) is 0.350. The minimum Gasteiger partial charge on any atom is -0.378 e. The Morgan fingerprint density at radius 3 is 2.19 bits per heavy atom. The SMILES string of the molecule is CC1C(=O)N(c2ccccc2)C(S)N1c1ccc(N2CCOCC2)cc1. The monoisotopic (exact) mass is 369 g/mol. The van der Waals surface area contributed by atoms with Crippen molar-refractivity contribution in [3.8, 4) is 0 Å². The molecule has 0 aliphatic carbocycles. The quantitative estimate of drug-likeness (QED) is 0.844. The molecule has 0 radical (unpaired) electrons. The number of ether oxygens (including phenoxy) is 1. The molecule has 2 aromatic rings. The number of morpholine rings is 1. The Balaban J connectivity index is 1.58. The molecule has 0 N–H and O–H groups in total. The van der Waals surface area contributed by atoms with E-state index in [0.717, 1.165) is 37.7 Å². The Bertz CT molecular complexity index is 762. The van der Waals surface area contributed by atoms with E-state index in [-0.39, 0.29) is 17.4 Å². The molecule has 2 heterocycles. The highest BCUT2D eigenvalue weighted by molar-refractivity contribution is 7.81. The highest BCUT2D eigenvalue weighted by atomic mass is 32.1. The summed E-state index contributed by atoms with van der Waals surface area (Å²) in [5, 5.41) is 0. The number of rotatable bonds is 3. The largest absolute Gasteiger partial charge is 0.378 e. The number of carbonyl (C=O) groups excluding carboxylic acids is 1. The number of carbonyl (C=O) groups is 1. The zero-order valence-corrected chi connectivity index (χ0v) is 15.7. The highest BCUT2D eigenvalue weighted by Crippen LogP contribution is 2.35. The normalized spacial score (nSPS) is 23.6. The molecule has 2 atom stereocenters. The second-order valence-electron chi connectivity index (χ2n) is 6.59. The van der Waals surface area contributed by atoms with Crippen LogP contribution in [0.4, 0.5) is 17.1 Å². The molecule has 0 aromatic heterocycles. The van der Waals surface area contributed by atoms with Gasteiger partial charge in [-0.3, -0.25) is 9.69 Å². The zero-order valence-electron chi connectivity index (χ0n) is 14.8. The Morgan fingerprint density at radius 1 is 0.923 bits per heavy atom. The minimum absolute atomic E-state index is 0.0634. The summed E-state index contributed by atoms with van der Waals surface area (Å²) < 4.78 is 5.42. The molecular weight excluding hydrogens is 346 g/mol. The van der Waals surface area contributed by atoms with Gasteiger partial charge in [0.05, 0.1) is 13.2 Å². The Kier molecular flexibility index (Phi) is 4.78. The van der Waals surface area contributed by atoms with Gasteiger partial charge in [0.2, 0.25) is 0 Å². The topological polar surface area (TPSA) is 36.0 Å². The van der Waals surface area contributed by atoms with E-state index >= 15 is 0 Å². The Morgan fingerprint density at radius 2 is 1.54 bits per heavy atom. The van der Waals surface area contributed by atoms with Crippen LogP contribution in [0.3, 0.4) is 0 Å². The van der Waals surface area contributed by atoms with Crippen molar-refractivity contribution in [3.05, 3.63) is 54.6 Å². The van der Waals surface area contributed by atoms with E-state index < -0.39 is 0 Å². The molecule has 0 bridgehead atoms. The fourth-order valence-electron chi connectivity index (χ4n) is 3.62. The number of hydrogen-bond donors (Lipinski definition) is 1. The number of hydrogen-bond acceptors (Lipinski definition) is 5. The average Bonchev–Trinajstić information content (AvgIpc) is 2.92. The van der Waals surface area contributed by atoms with E-state index in [1.807, 2.05) is 37.3 Å². The van der Waals surface area contributed by atoms with Crippen molar-refractivity contribution < 1.29 is 9.53 Å². The predicted molar refractivity (Wildman–Crippen MR) is 108 cm³/mol. The van der Waals surface area contributed by atoms with Gasteiger partial charge in [-0.2, -0.15) is 0 Å². The van der Waals surface area contributed by atoms with Crippen LogP contribution in [0.5, 0.6) is 0 Å². The number of para-hydroxylation sites is 1. The first kappa shape index (κ1) is 17.2. The molecular formula is C20H23N3O2S. The van der Waals surface area contributed by atoms with Crippen LogP contribution in [-0.4, -0.2) is 43.8 Å². The molecule has 0 saturated carbocycles. The van der Waals surface area contributed by atoms with Crippen LogP contribution in [0.25, 0.3) is 0 Å². The molecule has 2 aromatic carbocycles. The van der Waals surface area contributed by atoms with Crippen LogP contribution >= 0.6 is 12.6 Å². The van der Waals surface area contributed by atoms with Gasteiger partial charge in [0.1, 0.15) is 6.04 Å². The van der Waals surface area contributed by atoms with Crippen molar-refractivity contribution in [2.45, 2.75) is 18.5 Å². The van der Waals surface area contributed by atoms with Crippen LogP contribution in [0.1, 0.15) is 6.92 Å². The summed E-state index contributed by atoms with van der Waals surface area (Å²) >= 11 is 4.76. The Hall–Kier alpha value is -2.18. The molecule has 2 aliphatic rings. The van der Waals surface area contributed by atoms with Gasteiger partial charge >= 0.3 is 0 Å². The lowest BCUT2D eigenvalue weighted by Crippen LogP contribution is -2.37. The summed E-state index contributed by atoms with van der Waals surface area (Å²) in [6, 6.07) is 17.8. The molecule has 26 heavy (non-hydrogen) atoms. The summed E-state index contributed by atoms with van der Waals surface area (Å²) in [5.74, 6) is 0.0634. The van der Waals surface area contributed by atoms with Crippen molar-refractivity contribution in [2.75, 3.05) is 41.0 Å². The number of nitrogens with zero attached hydrogens (tertiary/aromatic N) is 3. The molecule has 5 nitrogen and oxygen atoms in total. The molecule has 1 amide bonds. The number of thiol groups is 1. The fourth-order valence-corrected chi connectivity index (χ4v) is 4.20. The zero-order chi connectivity index (χ0) is 18.1. The minimum atomic E-state index is -0.325. The molecule has 2 aliphatic heterocycles. The lowest BCUT2D eigenvalue weighted by Gasteiger charge is -2.31. The molecule has 4 rings (SSSR count). The average molecular weight is 369 g/mol. The van der Waals surface area contributed by atoms with E-state index in [0.29, 0.717) is 0 Å². The maximum absolute atomic E-state index is 12.8.